The minimum absolute atomic E-state index is 0.0565. The van der Waals surface area contributed by atoms with Crippen molar-refractivity contribution in [1.29, 1.82) is 0 Å². The van der Waals surface area contributed by atoms with Gasteiger partial charge < -0.3 is 14.3 Å². The molecule has 3 nitrogen and oxygen atoms in total. The van der Waals surface area contributed by atoms with Gasteiger partial charge in [0.1, 0.15) is 0 Å². The topological polar surface area (TPSA) is 34.2 Å². The van der Waals surface area contributed by atoms with Crippen LogP contribution >= 0.6 is 0 Å². The molecule has 2 heterocycles. The highest BCUT2D eigenvalue weighted by atomic mass is 16.7. The Morgan fingerprint density at radius 1 is 1.18 bits per heavy atom. The van der Waals surface area contributed by atoms with Crippen LogP contribution in [-0.4, -0.2) is 23.3 Å². The number of nitrogens with one attached hydrogen (secondary N) is 1. The third-order valence-corrected chi connectivity index (χ3v) is 3.87. The zero-order valence-electron chi connectivity index (χ0n) is 11.2. The van der Waals surface area contributed by atoms with Crippen LogP contribution in [0.15, 0.2) is 18.5 Å². The first kappa shape index (κ1) is 12.7. The maximum atomic E-state index is 5.95. The highest BCUT2D eigenvalue weighted by molar-refractivity contribution is 6.45. The van der Waals surface area contributed by atoms with Gasteiger partial charge in [-0.05, 0) is 52.1 Å². The van der Waals surface area contributed by atoms with Gasteiger partial charge in [0.2, 0.25) is 0 Å². The molecule has 0 saturated carbocycles. The summed E-state index contributed by atoms with van der Waals surface area (Å²) in [5, 5.41) is 0. The highest BCUT2D eigenvalue weighted by Crippen LogP contribution is 2.38. The van der Waals surface area contributed by atoms with Gasteiger partial charge in [-0.1, -0.05) is 6.42 Å². The van der Waals surface area contributed by atoms with E-state index in [1.165, 1.54) is 5.56 Å². The summed E-state index contributed by atoms with van der Waals surface area (Å²) in [5.41, 5.74) is 0.943. The molecule has 1 N–H and O–H groups in total. The summed E-state index contributed by atoms with van der Waals surface area (Å²) < 4.78 is 11.9. The third kappa shape index (κ3) is 2.75. The normalized spacial score (nSPS) is 22.0. The van der Waals surface area contributed by atoms with Crippen LogP contribution < -0.4 is 0 Å². The Balaban J connectivity index is 1.78. The van der Waals surface area contributed by atoms with Crippen LogP contribution in [0.4, 0.5) is 0 Å². The quantitative estimate of drug-likeness (QED) is 0.814. The fraction of sp³-hybridized carbons (Fsp3) is 0.692. The van der Waals surface area contributed by atoms with Crippen molar-refractivity contribution >= 4 is 7.12 Å². The summed E-state index contributed by atoms with van der Waals surface area (Å²) in [5.74, 6) is 0. The Labute approximate surface area is 104 Å². The molecule has 0 amide bonds. The average molecular weight is 235 g/mol. The van der Waals surface area contributed by atoms with E-state index in [0.717, 1.165) is 19.2 Å². The molecule has 0 spiro atoms. The van der Waals surface area contributed by atoms with Crippen molar-refractivity contribution in [3.8, 4) is 0 Å². The van der Waals surface area contributed by atoms with Crippen LogP contribution in [0.2, 0.25) is 6.32 Å². The molecular weight excluding hydrogens is 213 g/mol. The summed E-state index contributed by atoms with van der Waals surface area (Å²) in [6.07, 6.45) is 7.13. The highest BCUT2D eigenvalue weighted by Gasteiger charge is 2.50. The molecule has 17 heavy (non-hydrogen) atoms. The maximum absolute atomic E-state index is 5.95. The average Bonchev–Trinajstić information content (AvgIpc) is 2.74. The molecule has 1 aliphatic heterocycles. The number of hydrogen-bond acceptors (Lipinski definition) is 2. The Morgan fingerprint density at radius 3 is 2.35 bits per heavy atom. The first-order valence-electron chi connectivity index (χ1n) is 6.38. The number of hydrogen-bond donors (Lipinski definition) is 1. The lowest BCUT2D eigenvalue weighted by Gasteiger charge is -2.32. The lowest BCUT2D eigenvalue weighted by atomic mass is 9.82. The van der Waals surface area contributed by atoms with E-state index in [1.807, 2.05) is 12.4 Å². The molecule has 1 aliphatic rings. The van der Waals surface area contributed by atoms with Crippen LogP contribution in [0, 0.1) is 0 Å². The lowest BCUT2D eigenvalue weighted by molar-refractivity contribution is 0.00578. The van der Waals surface area contributed by atoms with Gasteiger partial charge in [0.05, 0.1) is 11.2 Å². The number of aromatic nitrogens is 1. The van der Waals surface area contributed by atoms with E-state index in [1.54, 1.807) is 0 Å². The van der Waals surface area contributed by atoms with Crippen molar-refractivity contribution in [1.82, 2.24) is 4.98 Å². The largest absolute Gasteiger partial charge is 0.457 e. The van der Waals surface area contributed by atoms with Gasteiger partial charge in [0, 0.05) is 12.4 Å². The van der Waals surface area contributed by atoms with Gasteiger partial charge in [0.15, 0.2) is 0 Å². The molecule has 94 valence electrons. The van der Waals surface area contributed by atoms with Gasteiger partial charge in [-0.2, -0.15) is 0 Å². The van der Waals surface area contributed by atoms with E-state index < -0.39 is 0 Å². The monoisotopic (exact) mass is 235 g/mol. The van der Waals surface area contributed by atoms with Gasteiger partial charge >= 0.3 is 7.12 Å². The SMILES string of the molecule is CC1(C)OB(CCCc2cc[nH]c2)OC1(C)C. The van der Waals surface area contributed by atoms with Crippen LogP contribution in [0.25, 0.3) is 0 Å². The summed E-state index contributed by atoms with van der Waals surface area (Å²) in [6, 6.07) is 2.12. The molecule has 1 saturated heterocycles. The van der Waals surface area contributed by atoms with Crippen LogP contribution in [0.1, 0.15) is 39.7 Å². The number of aryl methyl sites for hydroxylation is 1. The Hall–Kier alpha value is -0.735. The van der Waals surface area contributed by atoms with Crippen LogP contribution in [-0.2, 0) is 15.7 Å². The second-order valence-electron chi connectivity index (χ2n) is 5.80. The lowest BCUT2D eigenvalue weighted by Crippen LogP contribution is -2.41. The second kappa shape index (κ2) is 4.50. The van der Waals surface area contributed by atoms with Crippen molar-refractivity contribution in [2.75, 3.05) is 0 Å². The fourth-order valence-corrected chi connectivity index (χ4v) is 2.07. The summed E-state index contributed by atoms with van der Waals surface area (Å²) in [4.78, 5) is 3.07. The van der Waals surface area contributed by atoms with Gasteiger partial charge in [-0.25, -0.2) is 0 Å². The first-order valence-corrected chi connectivity index (χ1v) is 6.38. The molecule has 1 fully saturated rings. The zero-order valence-corrected chi connectivity index (χ0v) is 11.2. The Morgan fingerprint density at radius 2 is 1.82 bits per heavy atom. The number of aromatic amines is 1. The molecule has 0 atom stereocenters. The predicted molar refractivity (Wildman–Crippen MR) is 70.0 cm³/mol. The molecule has 0 unspecified atom stereocenters. The minimum Gasteiger partial charge on any atom is -0.403 e. The molecule has 1 aromatic heterocycles. The van der Waals surface area contributed by atoms with E-state index in [-0.39, 0.29) is 18.3 Å². The maximum Gasteiger partial charge on any atom is 0.457 e. The third-order valence-electron chi connectivity index (χ3n) is 3.87. The molecule has 0 aliphatic carbocycles. The summed E-state index contributed by atoms with van der Waals surface area (Å²) in [7, 11) is -0.0565. The van der Waals surface area contributed by atoms with Gasteiger partial charge in [-0.3, -0.25) is 0 Å². The predicted octanol–water partition coefficient (Wildman–Crippen LogP) is 3.04. The van der Waals surface area contributed by atoms with E-state index in [4.69, 9.17) is 9.31 Å². The minimum atomic E-state index is -0.203. The first-order chi connectivity index (χ1) is 7.91. The van der Waals surface area contributed by atoms with Crippen molar-refractivity contribution in [3.05, 3.63) is 24.0 Å². The zero-order chi connectivity index (χ0) is 12.5. The molecule has 2 rings (SSSR count). The van der Waals surface area contributed by atoms with Crippen molar-refractivity contribution in [3.63, 3.8) is 0 Å². The van der Waals surface area contributed by atoms with Crippen LogP contribution in [0.3, 0.4) is 0 Å². The van der Waals surface area contributed by atoms with Crippen LogP contribution in [0.5, 0.6) is 0 Å². The summed E-state index contributed by atoms with van der Waals surface area (Å²) >= 11 is 0. The second-order valence-corrected chi connectivity index (χ2v) is 5.80. The van der Waals surface area contributed by atoms with Crippen molar-refractivity contribution in [2.45, 2.75) is 58.1 Å². The standard InChI is InChI=1S/C13H22BNO2/c1-12(2)13(3,4)17-14(16-12)8-5-6-11-7-9-15-10-11/h7,9-10,15H,5-6,8H2,1-4H3. The molecular formula is C13H22BNO2. The van der Waals surface area contributed by atoms with E-state index >= 15 is 0 Å². The molecule has 1 aromatic rings. The fourth-order valence-electron chi connectivity index (χ4n) is 2.07. The van der Waals surface area contributed by atoms with E-state index in [0.29, 0.717) is 0 Å². The molecule has 4 heteroatoms. The van der Waals surface area contributed by atoms with Gasteiger partial charge in [-0.15, -0.1) is 0 Å². The molecule has 0 aromatic carbocycles. The van der Waals surface area contributed by atoms with E-state index in [2.05, 4.69) is 38.7 Å². The number of rotatable bonds is 4. The van der Waals surface area contributed by atoms with Crippen molar-refractivity contribution in [2.24, 2.45) is 0 Å². The van der Waals surface area contributed by atoms with E-state index in [9.17, 15) is 0 Å². The Kier molecular flexibility index (Phi) is 3.37. The Bertz CT molecular complexity index is 344. The molecule has 0 bridgehead atoms. The van der Waals surface area contributed by atoms with Gasteiger partial charge in [0.25, 0.3) is 0 Å². The smallest absolute Gasteiger partial charge is 0.403 e. The number of H-pyrrole nitrogens is 1. The molecule has 0 radical (unpaired) electrons. The van der Waals surface area contributed by atoms with Crippen molar-refractivity contribution < 1.29 is 9.31 Å². The summed E-state index contributed by atoms with van der Waals surface area (Å²) in [6.45, 7) is 8.39.